The van der Waals surface area contributed by atoms with Crippen molar-refractivity contribution in [1.29, 1.82) is 0 Å². The summed E-state index contributed by atoms with van der Waals surface area (Å²) in [6, 6.07) is 20.9. The second-order valence-electron chi connectivity index (χ2n) is 8.69. The van der Waals surface area contributed by atoms with Gasteiger partial charge < -0.3 is 10.6 Å². The van der Waals surface area contributed by atoms with Crippen molar-refractivity contribution in [3.63, 3.8) is 0 Å². The van der Waals surface area contributed by atoms with E-state index in [0.29, 0.717) is 12.1 Å². The average Bonchev–Trinajstić information content (AvgIpc) is 3.01. The van der Waals surface area contributed by atoms with Gasteiger partial charge in [-0.3, -0.25) is 14.5 Å². The molecule has 5 heteroatoms. The molecule has 2 bridgehead atoms. The van der Waals surface area contributed by atoms with E-state index in [9.17, 15) is 9.59 Å². The van der Waals surface area contributed by atoms with Crippen molar-refractivity contribution >= 4 is 17.9 Å². The van der Waals surface area contributed by atoms with Gasteiger partial charge in [-0.05, 0) is 49.8 Å². The van der Waals surface area contributed by atoms with Crippen molar-refractivity contribution in [2.75, 3.05) is 0 Å². The van der Waals surface area contributed by atoms with Crippen molar-refractivity contribution in [1.82, 2.24) is 15.5 Å². The molecule has 2 aliphatic heterocycles. The highest BCUT2D eigenvalue weighted by Gasteiger charge is 2.41. The van der Waals surface area contributed by atoms with Crippen LogP contribution in [-0.4, -0.2) is 40.9 Å². The van der Waals surface area contributed by atoms with Crippen LogP contribution < -0.4 is 10.6 Å². The Balaban J connectivity index is 1.25. The van der Waals surface area contributed by atoms with Crippen LogP contribution in [0.2, 0.25) is 0 Å². The largest absolute Gasteiger partial charge is 0.351 e. The van der Waals surface area contributed by atoms with Gasteiger partial charge in [-0.2, -0.15) is 0 Å². The van der Waals surface area contributed by atoms with Crippen LogP contribution in [0.3, 0.4) is 0 Å². The average molecular weight is 418 g/mol. The highest BCUT2D eigenvalue weighted by molar-refractivity contribution is 5.95. The highest BCUT2D eigenvalue weighted by Crippen LogP contribution is 2.36. The number of piperidine rings is 1. The third-order valence-corrected chi connectivity index (χ3v) is 6.42. The predicted octanol–water partition coefficient (Wildman–Crippen LogP) is 3.52. The molecule has 2 heterocycles. The highest BCUT2D eigenvalue weighted by atomic mass is 16.2. The van der Waals surface area contributed by atoms with Gasteiger partial charge in [0, 0.05) is 30.7 Å². The molecule has 2 N–H and O–H groups in total. The van der Waals surface area contributed by atoms with E-state index in [1.807, 2.05) is 30.3 Å². The van der Waals surface area contributed by atoms with Crippen LogP contribution in [-0.2, 0) is 16.1 Å². The molecule has 5 nitrogen and oxygen atoms in total. The molecule has 3 atom stereocenters. The Labute approximate surface area is 184 Å². The van der Waals surface area contributed by atoms with Crippen molar-refractivity contribution < 1.29 is 9.59 Å². The quantitative estimate of drug-likeness (QED) is 0.678. The summed E-state index contributed by atoms with van der Waals surface area (Å²) in [5, 5.41) is 5.95. The fourth-order valence-electron chi connectivity index (χ4n) is 4.83. The van der Waals surface area contributed by atoms with Gasteiger partial charge in [0.15, 0.2) is 0 Å². The van der Waals surface area contributed by atoms with Gasteiger partial charge in [-0.25, -0.2) is 0 Å². The molecule has 3 unspecified atom stereocenters. The minimum atomic E-state index is -0.562. The standard InChI is InChI=1S/C26H31N3O2/c1-19(27-25(30)15-12-20-8-4-2-5-9-20)26(31)28-22-16-23-13-14-24(17-22)29(23)18-21-10-6-3-7-11-21/h2-12,15,19,22-24H,13-14,16-18H2,1H3,(H,27,30)(H,28,31)/b15-12+. The summed E-state index contributed by atoms with van der Waals surface area (Å²) in [5.41, 5.74) is 2.30. The summed E-state index contributed by atoms with van der Waals surface area (Å²) in [4.78, 5) is 27.4. The monoisotopic (exact) mass is 417 g/mol. The van der Waals surface area contributed by atoms with Crippen LogP contribution in [0.5, 0.6) is 0 Å². The van der Waals surface area contributed by atoms with Crippen LogP contribution in [0.15, 0.2) is 66.7 Å². The Morgan fingerprint density at radius 2 is 1.61 bits per heavy atom. The molecule has 4 rings (SSSR count). The van der Waals surface area contributed by atoms with E-state index in [2.05, 4.69) is 45.9 Å². The summed E-state index contributed by atoms with van der Waals surface area (Å²) in [5.74, 6) is -0.369. The number of carbonyl (C=O) groups excluding carboxylic acids is 2. The lowest BCUT2D eigenvalue weighted by Crippen LogP contribution is -2.53. The van der Waals surface area contributed by atoms with Crippen LogP contribution in [0.25, 0.3) is 6.08 Å². The normalized spacial score (nSPS) is 24.1. The van der Waals surface area contributed by atoms with E-state index in [-0.39, 0.29) is 17.9 Å². The van der Waals surface area contributed by atoms with Gasteiger partial charge in [0.2, 0.25) is 11.8 Å². The predicted molar refractivity (Wildman–Crippen MR) is 123 cm³/mol. The molecule has 2 fully saturated rings. The fraction of sp³-hybridized carbons (Fsp3) is 0.385. The van der Waals surface area contributed by atoms with Gasteiger partial charge in [0.25, 0.3) is 0 Å². The second kappa shape index (κ2) is 9.92. The molecule has 0 aromatic heterocycles. The first kappa shape index (κ1) is 21.3. The van der Waals surface area contributed by atoms with Gasteiger partial charge in [-0.1, -0.05) is 60.7 Å². The molecular formula is C26H31N3O2. The Morgan fingerprint density at radius 3 is 2.26 bits per heavy atom. The summed E-state index contributed by atoms with van der Waals surface area (Å²) in [6.07, 6.45) is 7.57. The Hall–Kier alpha value is -2.92. The summed E-state index contributed by atoms with van der Waals surface area (Å²) in [7, 11) is 0. The number of hydrogen-bond acceptors (Lipinski definition) is 3. The van der Waals surface area contributed by atoms with Gasteiger partial charge in [0.1, 0.15) is 6.04 Å². The lowest BCUT2D eigenvalue weighted by molar-refractivity contribution is -0.127. The number of benzene rings is 2. The SMILES string of the molecule is CC(NC(=O)/C=C/c1ccccc1)C(=O)NC1CC2CCC(C1)N2Cc1ccccc1. The summed E-state index contributed by atoms with van der Waals surface area (Å²) < 4.78 is 0. The van der Waals surface area contributed by atoms with E-state index in [0.717, 1.165) is 24.9 Å². The zero-order valence-corrected chi connectivity index (χ0v) is 18.0. The first-order valence-electron chi connectivity index (χ1n) is 11.2. The van der Waals surface area contributed by atoms with Crippen LogP contribution >= 0.6 is 0 Å². The lowest BCUT2D eigenvalue weighted by Gasteiger charge is -2.39. The number of carbonyl (C=O) groups is 2. The van der Waals surface area contributed by atoms with Crippen LogP contribution in [0, 0.1) is 0 Å². The maximum atomic E-state index is 12.7. The fourth-order valence-corrected chi connectivity index (χ4v) is 4.83. The molecule has 2 saturated heterocycles. The van der Waals surface area contributed by atoms with Crippen LogP contribution in [0.4, 0.5) is 0 Å². The van der Waals surface area contributed by atoms with Gasteiger partial charge in [-0.15, -0.1) is 0 Å². The molecule has 2 aromatic carbocycles. The maximum Gasteiger partial charge on any atom is 0.244 e. The van der Waals surface area contributed by atoms with Crippen molar-refractivity contribution in [2.24, 2.45) is 0 Å². The van der Waals surface area contributed by atoms with Crippen LogP contribution in [0.1, 0.15) is 43.7 Å². The van der Waals surface area contributed by atoms with E-state index in [1.54, 1.807) is 13.0 Å². The number of rotatable bonds is 7. The number of fused-ring (bicyclic) bond motifs is 2. The zero-order valence-electron chi connectivity index (χ0n) is 18.0. The number of nitrogens with zero attached hydrogens (tertiary/aromatic N) is 1. The van der Waals surface area contributed by atoms with Crippen molar-refractivity contribution in [2.45, 2.75) is 63.3 Å². The molecule has 31 heavy (non-hydrogen) atoms. The Bertz CT molecular complexity index is 899. The molecule has 2 aliphatic rings. The molecule has 0 saturated carbocycles. The molecule has 2 amide bonds. The molecule has 0 spiro atoms. The lowest BCUT2D eigenvalue weighted by atomic mass is 9.96. The summed E-state index contributed by atoms with van der Waals surface area (Å²) >= 11 is 0. The third-order valence-electron chi connectivity index (χ3n) is 6.42. The van der Waals surface area contributed by atoms with Gasteiger partial charge in [0.05, 0.1) is 0 Å². The smallest absolute Gasteiger partial charge is 0.244 e. The Morgan fingerprint density at radius 1 is 1.00 bits per heavy atom. The van der Waals surface area contributed by atoms with E-state index >= 15 is 0 Å². The minimum absolute atomic E-state index is 0.109. The number of amides is 2. The number of hydrogen-bond donors (Lipinski definition) is 2. The summed E-state index contributed by atoms with van der Waals surface area (Å²) in [6.45, 7) is 2.72. The maximum absolute atomic E-state index is 12.7. The first-order valence-corrected chi connectivity index (χ1v) is 11.2. The molecular weight excluding hydrogens is 386 g/mol. The Kier molecular flexibility index (Phi) is 6.82. The molecule has 162 valence electrons. The van der Waals surface area contributed by atoms with E-state index in [1.165, 1.54) is 24.5 Å². The second-order valence-corrected chi connectivity index (χ2v) is 8.69. The molecule has 0 aliphatic carbocycles. The van der Waals surface area contributed by atoms with Crippen molar-refractivity contribution in [3.8, 4) is 0 Å². The third kappa shape index (κ3) is 5.61. The minimum Gasteiger partial charge on any atom is -0.351 e. The number of nitrogens with one attached hydrogen (secondary N) is 2. The molecule has 0 radical (unpaired) electrons. The van der Waals surface area contributed by atoms with Gasteiger partial charge >= 0.3 is 0 Å². The molecule has 2 aromatic rings. The van der Waals surface area contributed by atoms with E-state index < -0.39 is 6.04 Å². The van der Waals surface area contributed by atoms with E-state index in [4.69, 9.17) is 0 Å². The first-order chi connectivity index (χ1) is 15.1. The van der Waals surface area contributed by atoms with Crippen molar-refractivity contribution in [3.05, 3.63) is 77.9 Å². The topological polar surface area (TPSA) is 61.4 Å². The zero-order chi connectivity index (χ0) is 21.6.